The summed E-state index contributed by atoms with van der Waals surface area (Å²) in [4.78, 5) is 4.88. The Hall–Kier alpha value is -3.12. The SMILES string of the molecule is Cc1ccc2c(Nc3ccc(NS(C)(=O)=O)cc3)c3ccccc3nc2c1C. The number of rotatable bonds is 4. The van der Waals surface area contributed by atoms with Gasteiger partial charge in [0.15, 0.2) is 0 Å². The van der Waals surface area contributed by atoms with E-state index < -0.39 is 10.0 Å². The molecular weight excluding hydrogens is 370 g/mol. The van der Waals surface area contributed by atoms with Gasteiger partial charge >= 0.3 is 0 Å². The molecule has 2 N–H and O–H groups in total. The van der Waals surface area contributed by atoms with Gasteiger partial charge in [-0.1, -0.05) is 30.3 Å². The quantitative estimate of drug-likeness (QED) is 0.474. The van der Waals surface area contributed by atoms with Gasteiger partial charge in [-0.15, -0.1) is 0 Å². The molecule has 142 valence electrons. The first-order chi connectivity index (χ1) is 13.3. The molecule has 1 aromatic heterocycles. The number of nitrogens with zero attached hydrogens (tertiary/aromatic N) is 1. The number of hydrogen-bond donors (Lipinski definition) is 2. The van der Waals surface area contributed by atoms with Crippen molar-refractivity contribution in [3.8, 4) is 0 Å². The van der Waals surface area contributed by atoms with Crippen molar-refractivity contribution in [2.24, 2.45) is 0 Å². The summed E-state index contributed by atoms with van der Waals surface area (Å²) in [7, 11) is -3.29. The fourth-order valence-corrected chi connectivity index (χ4v) is 3.87. The van der Waals surface area contributed by atoms with Crippen LogP contribution in [0.3, 0.4) is 0 Å². The minimum atomic E-state index is -3.29. The van der Waals surface area contributed by atoms with E-state index >= 15 is 0 Å². The van der Waals surface area contributed by atoms with Crippen LogP contribution in [0.5, 0.6) is 0 Å². The number of benzene rings is 3. The number of aryl methyl sites for hydroxylation is 2. The topological polar surface area (TPSA) is 71.1 Å². The molecule has 6 heteroatoms. The lowest BCUT2D eigenvalue weighted by Crippen LogP contribution is -2.09. The van der Waals surface area contributed by atoms with E-state index in [2.05, 4.69) is 42.1 Å². The fourth-order valence-electron chi connectivity index (χ4n) is 3.31. The maximum Gasteiger partial charge on any atom is 0.229 e. The molecule has 0 fully saturated rings. The van der Waals surface area contributed by atoms with Crippen LogP contribution in [0.15, 0.2) is 60.7 Å². The Balaban J connectivity index is 1.84. The molecule has 0 atom stereocenters. The summed E-state index contributed by atoms with van der Waals surface area (Å²) in [5, 5.41) is 5.60. The van der Waals surface area contributed by atoms with Crippen LogP contribution in [0, 0.1) is 13.8 Å². The highest BCUT2D eigenvalue weighted by Crippen LogP contribution is 2.35. The second kappa shape index (κ2) is 6.80. The smallest absolute Gasteiger partial charge is 0.229 e. The maximum atomic E-state index is 11.4. The van der Waals surface area contributed by atoms with Crippen molar-refractivity contribution in [1.82, 2.24) is 4.98 Å². The fraction of sp³-hybridized carbons (Fsp3) is 0.136. The maximum absolute atomic E-state index is 11.4. The van der Waals surface area contributed by atoms with Gasteiger partial charge in [-0.3, -0.25) is 4.72 Å². The molecule has 0 aliphatic rings. The highest BCUT2D eigenvalue weighted by Gasteiger charge is 2.12. The molecule has 0 saturated heterocycles. The lowest BCUT2D eigenvalue weighted by molar-refractivity contribution is 0.607. The van der Waals surface area contributed by atoms with Crippen LogP contribution in [0.4, 0.5) is 17.1 Å². The average Bonchev–Trinajstić information content (AvgIpc) is 2.65. The van der Waals surface area contributed by atoms with Crippen molar-refractivity contribution in [3.05, 3.63) is 71.8 Å². The van der Waals surface area contributed by atoms with Crippen molar-refractivity contribution in [2.75, 3.05) is 16.3 Å². The van der Waals surface area contributed by atoms with Crippen LogP contribution in [0.2, 0.25) is 0 Å². The Labute approximate surface area is 164 Å². The van der Waals surface area contributed by atoms with E-state index in [1.165, 1.54) is 11.1 Å². The molecule has 0 aliphatic carbocycles. The monoisotopic (exact) mass is 391 g/mol. The normalized spacial score (nSPS) is 11.7. The molecule has 3 aromatic carbocycles. The highest BCUT2D eigenvalue weighted by atomic mass is 32.2. The molecule has 5 nitrogen and oxygen atoms in total. The molecule has 1 heterocycles. The van der Waals surface area contributed by atoms with Crippen molar-refractivity contribution in [2.45, 2.75) is 13.8 Å². The first kappa shape index (κ1) is 18.3. The summed E-state index contributed by atoms with van der Waals surface area (Å²) in [6, 6.07) is 19.5. The van der Waals surface area contributed by atoms with Crippen LogP contribution >= 0.6 is 0 Å². The Morgan fingerprint density at radius 1 is 0.821 bits per heavy atom. The van der Waals surface area contributed by atoms with Crippen LogP contribution in [0.25, 0.3) is 21.8 Å². The average molecular weight is 391 g/mol. The Kier molecular flexibility index (Phi) is 4.43. The molecule has 28 heavy (non-hydrogen) atoms. The molecule has 4 rings (SSSR count). The van der Waals surface area contributed by atoms with Crippen molar-refractivity contribution in [3.63, 3.8) is 0 Å². The van der Waals surface area contributed by atoms with Gasteiger partial charge in [-0.25, -0.2) is 13.4 Å². The molecule has 0 amide bonds. The van der Waals surface area contributed by atoms with Gasteiger partial charge < -0.3 is 5.32 Å². The van der Waals surface area contributed by atoms with E-state index in [-0.39, 0.29) is 0 Å². The van der Waals surface area contributed by atoms with Gasteiger partial charge in [0, 0.05) is 22.1 Å². The third-order valence-electron chi connectivity index (χ3n) is 4.83. The predicted octanol–water partition coefficient (Wildman–Crippen LogP) is 5.12. The van der Waals surface area contributed by atoms with E-state index in [9.17, 15) is 8.42 Å². The van der Waals surface area contributed by atoms with E-state index in [0.29, 0.717) is 5.69 Å². The summed E-state index contributed by atoms with van der Waals surface area (Å²) in [5.41, 5.74) is 6.68. The summed E-state index contributed by atoms with van der Waals surface area (Å²) >= 11 is 0. The van der Waals surface area contributed by atoms with Gasteiger partial charge in [0.2, 0.25) is 10.0 Å². The summed E-state index contributed by atoms with van der Waals surface area (Å²) < 4.78 is 25.3. The number of fused-ring (bicyclic) bond motifs is 2. The lowest BCUT2D eigenvalue weighted by atomic mass is 10.0. The van der Waals surface area contributed by atoms with Gasteiger partial charge in [0.25, 0.3) is 0 Å². The third-order valence-corrected chi connectivity index (χ3v) is 5.44. The lowest BCUT2D eigenvalue weighted by Gasteiger charge is -2.15. The molecule has 0 unspecified atom stereocenters. The van der Waals surface area contributed by atoms with Gasteiger partial charge in [-0.2, -0.15) is 0 Å². The molecule has 0 spiro atoms. The highest BCUT2D eigenvalue weighted by molar-refractivity contribution is 7.92. The third kappa shape index (κ3) is 3.51. The molecule has 0 saturated carbocycles. The Morgan fingerprint density at radius 2 is 1.50 bits per heavy atom. The van der Waals surface area contributed by atoms with Gasteiger partial charge in [-0.05, 0) is 55.3 Å². The zero-order valence-corrected chi connectivity index (χ0v) is 16.8. The first-order valence-electron chi connectivity index (χ1n) is 8.95. The summed E-state index contributed by atoms with van der Waals surface area (Å²) in [6.45, 7) is 4.18. The molecule has 0 radical (unpaired) electrons. The number of para-hydroxylation sites is 1. The zero-order valence-electron chi connectivity index (χ0n) is 15.9. The van der Waals surface area contributed by atoms with Crippen LogP contribution < -0.4 is 10.0 Å². The Bertz CT molecular complexity index is 1300. The number of sulfonamides is 1. The second-order valence-electron chi connectivity index (χ2n) is 6.98. The molecular formula is C22H21N3O2S. The second-order valence-corrected chi connectivity index (χ2v) is 8.73. The standard InChI is InChI=1S/C22H21N3O2S/c1-14-8-13-19-21(15(14)2)24-20-7-5-4-6-18(20)22(19)23-16-9-11-17(12-10-16)25-28(3,26)27/h4-13,25H,1-3H3,(H,23,24). The first-order valence-corrected chi connectivity index (χ1v) is 10.8. The Morgan fingerprint density at radius 3 is 2.21 bits per heavy atom. The summed E-state index contributed by atoms with van der Waals surface area (Å²) in [6.07, 6.45) is 1.14. The van der Waals surface area contributed by atoms with Gasteiger partial charge in [0.05, 0.1) is 23.0 Å². The minimum Gasteiger partial charge on any atom is -0.354 e. The van der Waals surface area contributed by atoms with E-state index in [1.807, 2.05) is 30.3 Å². The number of hydrogen-bond acceptors (Lipinski definition) is 4. The van der Waals surface area contributed by atoms with Crippen LogP contribution in [-0.4, -0.2) is 19.7 Å². The number of aromatic nitrogens is 1. The minimum absolute atomic E-state index is 0.531. The van der Waals surface area contributed by atoms with E-state index in [4.69, 9.17) is 4.98 Å². The van der Waals surface area contributed by atoms with Crippen LogP contribution in [-0.2, 0) is 10.0 Å². The van der Waals surface area contributed by atoms with Crippen LogP contribution in [0.1, 0.15) is 11.1 Å². The number of pyridine rings is 1. The van der Waals surface area contributed by atoms with Crippen molar-refractivity contribution in [1.29, 1.82) is 0 Å². The van der Waals surface area contributed by atoms with Crippen molar-refractivity contribution >= 4 is 48.9 Å². The predicted molar refractivity (Wildman–Crippen MR) is 117 cm³/mol. The summed E-state index contributed by atoms with van der Waals surface area (Å²) in [5.74, 6) is 0. The largest absolute Gasteiger partial charge is 0.354 e. The molecule has 4 aromatic rings. The van der Waals surface area contributed by atoms with E-state index in [0.717, 1.165) is 39.4 Å². The van der Waals surface area contributed by atoms with Gasteiger partial charge in [0.1, 0.15) is 0 Å². The number of nitrogens with one attached hydrogen (secondary N) is 2. The van der Waals surface area contributed by atoms with Crippen molar-refractivity contribution < 1.29 is 8.42 Å². The van der Waals surface area contributed by atoms with E-state index in [1.54, 1.807) is 12.1 Å². The molecule has 0 aliphatic heterocycles. The number of anilines is 3. The molecule has 0 bridgehead atoms. The zero-order chi connectivity index (χ0) is 19.9.